The number of carbonyl (C=O) groups excluding carboxylic acids is 1. The van der Waals surface area contributed by atoms with Gasteiger partial charge in [-0.15, -0.1) is 11.3 Å². The van der Waals surface area contributed by atoms with Gasteiger partial charge in [-0.3, -0.25) is 9.59 Å². The zero-order chi connectivity index (χ0) is 13.3. The van der Waals surface area contributed by atoms with Crippen LogP contribution in [0.3, 0.4) is 0 Å². The van der Waals surface area contributed by atoms with Crippen LogP contribution in [-0.4, -0.2) is 10.5 Å². The van der Waals surface area contributed by atoms with Crippen molar-refractivity contribution in [3.8, 4) is 0 Å². The summed E-state index contributed by atoms with van der Waals surface area (Å²) in [5.41, 5.74) is 0.0395. The fourth-order valence-corrected chi connectivity index (χ4v) is 2.79. The number of rotatable bonds is 2. The van der Waals surface area contributed by atoms with Gasteiger partial charge in [0.25, 0.3) is 5.91 Å². The standard InChI is InChI=1S/C12H11BrN2O2S/c1-7-3-4-10(18-7)12(17)14-9-6-15(2)5-8(13)11(9)16/h3-6H,1-2H3,(H,14,17). The first-order valence-electron chi connectivity index (χ1n) is 5.21. The van der Waals surface area contributed by atoms with Gasteiger partial charge in [0.05, 0.1) is 9.35 Å². The van der Waals surface area contributed by atoms with Crippen LogP contribution in [0.25, 0.3) is 0 Å². The molecule has 0 aliphatic rings. The van der Waals surface area contributed by atoms with E-state index in [2.05, 4.69) is 21.2 Å². The summed E-state index contributed by atoms with van der Waals surface area (Å²) in [6.07, 6.45) is 3.23. The predicted octanol–water partition coefficient (Wildman–Crippen LogP) is 2.77. The average Bonchev–Trinajstić information content (AvgIpc) is 2.72. The number of halogens is 1. The number of carbonyl (C=O) groups is 1. The van der Waals surface area contributed by atoms with Crippen molar-refractivity contribution in [2.45, 2.75) is 6.92 Å². The number of thiophene rings is 1. The van der Waals surface area contributed by atoms with Gasteiger partial charge in [0.15, 0.2) is 0 Å². The Morgan fingerprint density at radius 3 is 2.72 bits per heavy atom. The second-order valence-electron chi connectivity index (χ2n) is 3.88. The Labute approximate surface area is 116 Å². The Morgan fingerprint density at radius 2 is 2.11 bits per heavy atom. The molecular weight excluding hydrogens is 316 g/mol. The van der Waals surface area contributed by atoms with E-state index in [1.807, 2.05) is 13.0 Å². The zero-order valence-corrected chi connectivity index (χ0v) is 12.3. The Hall–Kier alpha value is -1.40. The van der Waals surface area contributed by atoms with Crippen molar-refractivity contribution in [3.63, 3.8) is 0 Å². The summed E-state index contributed by atoms with van der Waals surface area (Å²) in [4.78, 5) is 25.4. The SMILES string of the molecule is Cc1ccc(C(=O)Nc2cn(C)cc(Br)c2=O)s1. The van der Waals surface area contributed by atoms with E-state index in [1.54, 1.807) is 30.1 Å². The van der Waals surface area contributed by atoms with Crippen LogP contribution in [0.5, 0.6) is 0 Å². The van der Waals surface area contributed by atoms with E-state index >= 15 is 0 Å². The maximum absolute atomic E-state index is 11.9. The van der Waals surface area contributed by atoms with E-state index in [4.69, 9.17) is 0 Å². The van der Waals surface area contributed by atoms with Crippen molar-refractivity contribution in [3.05, 3.63) is 49.0 Å². The van der Waals surface area contributed by atoms with Crippen LogP contribution >= 0.6 is 27.3 Å². The smallest absolute Gasteiger partial charge is 0.265 e. The molecule has 0 atom stereocenters. The molecule has 2 rings (SSSR count). The van der Waals surface area contributed by atoms with Gasteiger partial charge in [0.2, 0.25) is 5.43 Å². The van der Waals surface area contributed by atoms with Crippen molar-refractivity contribution < 1.29 is 4.79 Å². The van der Waals surface area contributed by atoms with E-state index in [9.17, 15) is 9.59 Å². The summed E-state index contributed by atoms with van der Waals surface area (Å²) in [5, 5.41) is 2.63. The molecule has 94 valence electrons. The van der Waals surface area contributed by atoms with Gasteiger partial charge in [-0.2, -0.15) is 0 Å². The Balaban J connectivity index is 2.30. The Bertz CT molecular complexity index is 660. The molecule has 0 radical (unpaired) electrons. The summed E-state index contributed by atoms with van der Waals surface area (Å²) < 4.78 is 2.13. The zero-order valence-electron chi connectivity index (χ0n) is 9.86. The molecular formula is C12H11BrN2O2S. The number of aromatic nitrogens is 1. The molecule has 1 amide bonds. The third-order valence-corrected chi connectivity index (χ3v) is 3.89. The molecule has 0 aliphatic carbocycles. The van der Waals surface area contributed by atoms with Gasteiger partial charge in [0.1, 0.15) is 5.69 Å². The maximum atomic E-state index is 11.9. The number of hydrogen-bond acceptors (Lipinski definition) is 3. The van der Waals surface area contributed by atoms with Crippen molar-refractivity contribution >= 4 is 38.9 Å². The highest BCUT2D eigenvalue weighted by atomic mass is 79.9. The lowest BCUT2D eigenvalue weighted by Gasteiger charge is -2.06. The summed E-state index contributed by atoms with van der Waals surface area (Å²) in [7, 11) is 1.79. The molecule has 0 aliphatic heterocycles. The van der Waals surface area contributed by atoms with Crippen molar-refractivity contribution in [1.29, 1.82) is 0 Å². The van der Waals surface area contributed by atoms with Crippen LogP contribution < -0.4 is 10.7 Å². The van der Waals surface area contributed by atoms with Gasteiger partial charge in [-0.1, -0.05) is 0 Å². The minimum Gasteiger partial charge on any atom is -0.354 e. The van der Waals surface area contributed by atoms with Crippen LogP contribution in [0.15, 0.2) is 33.8 Å². The van der Waals surface area contributed by atoms with Crippen molar-refractivity contribution in [2.75, 3.05) is 5.32 Å². The van der Waals surface area contributed by atoms with E-state index < -0.39 is 0 Å². The summed E-state index contributed by atoms with van der Waals surface area (Å²) in [6.45, 7) is 1.93. The lowest BCUT2D eigenvalue weighted by atomic mass is 10.3. The molecule has 2 heterocycles. The Morgan fingerprint density at radius 1 is 1.39 bits per heavy atom. The molecule has 0 aromatic carbocycles. The molecule has 1 N–H and O–H groups in total. The van der Waals surface area contributed by atoms with E-state index in [1.165, 1.54) is 11.3 Å². The minimum absolute atomic E-state index is 0.227. The largest absolute Gasteiger partial charge is 0.354 e. The number of nitrogens with one attached hydrogen (secondary N) is 1. The van der Waals surface area contributed by atoms with Crippen LogP contribution in [0.1, 0.15) is 14.5 Å². The first-order valence-corrected chi connectivity index (χ1v) is 6.82. The molecule has 2 aromatic rings. The third kappa shape index (κ3) is 2.70. The average molecular weight is 327 g/mol. The molecule has 6 heteroatoms. The van der Waals surface area contributed by atoms with Gasteiger partial charge < -0.3 is 9.88 Å². The van der Waals surface area contributed by atoms with Crippen LogP contribution in [0, 0.1) is 6.92 Å². The summed E-state index contributed by atoms with van der Waals surface area (Å²) in [5.74, 6) is -0.261. The molecule has 18 heavy (non-hydrogen) atoms. The first-order chi connectivity index (χ1) is 8.47. The van der Waals surface area contributed by atoms with Gasteiger partial charge in [0, 0.05) is 24.3 Å². The van der Waals surface area contributed by atoms with Gasteiger partial charge >= 0.3 is 0 Å². The highest BCUT2D eigenvalue weighted by Crippen LogP contribution is 2.16. The highest BCUT2D eigenvalue weighted by Gasteiger charge is 2.11. The highest BCUT2D eigenvalue weighted by molar-refractivity contribution is 9.10. The number of hydrogen-bond donors (Lipinski definition) is 1. The fraction of sp³-hybridized carbons (Fsp3) is 0.167. The van der Waals surface area contributed by atoms with Crippen LogP contribution in [-0.2, 0) is 7.05 Å². The van der Waals surface area contributed by atoms with Gasteiger partial charge in [-0.05, 0) is 35.0 Å². The number of pyridine rings is 1. The van der Waals surface area contributed by atoms with Crippen LogP contribution in [0.2, 0.25) is 0 Å². The second kappa shape index (κ2) is 5.07. The maximum Gasteiger partial charge on any atom is 0.265 e. The Kier molecular flexibility index (Phi) is 3.68. The molecule has 0 bridgehead atoms. The topological polar surface area (TPSA) is 51.1 Å². The van der Waals surface area contributed by atoms with E-state index in [0.717, 1.165) is 4.88 Å². The number of nitrogens with zero attached hydrogens (tertiary/aromatic N) is 1. The second-order valence-corrected chi connectivity index (χ2v) is 6.02. The van der Waals surface area contributed by atoms with Crippen LogP contribution in [0.4, 0.5) is 5.69 Å². The summed E-state index contributed by atoms with van der Waals surface area (Å²) >= 11 is 4.56. The minimum atomic E-state index is -0.261. The molecule has 0 saturated heterocycles. The summed E-state index contributed by atoms with van der Waals surface area (Å²) in [6, 6.07) is 3.62. The quantitative estimate of drug-likeness (QED) is 0.922. The molecule has 4 nitrogen and oxygen atoms in total. The number of anilines is 1. The molecule has 0 fully saturated rings. The van der Waals surface area contributed by atoms with E-state index in [-0.39, 0.29) is 17.0 Å². The normalized spacial score (nSPS) is 10.4. The lowest BCUT2D eigenvalue weighted by Crippen LogP contribution is -2.19. The molecule has 0 unspecified atom stereocenters. The van der Waals surface area contributed by atoms with E-state index in [0.29, 0.717) is 9.35 Å². The predicted molar refractivity (Wildman–Crippen MR) is 76.4 cm³/mol. The monoisotopic (exact) mass is 326 g/mol. The molecule has 2 aromatic heterocycles. The number of aryl methyl sites for hydroxylation is 2. The van der Waals surface area contributed by atoms with Crippen molar-refractivity contribution in [1.82, 2.24) is 4.57 Å². The first kappa shape index (κ1) is 13.0. The third-order valence-electron chi connectivity index (χ3n) is 2.32. The molecule has 0 spiro atoms. The van der Waals surface area contributed by atoms with Gasteiger partial charge in [-0.25, -0.2) is 0 Å². The fourth-order valence-electron chi connectivity index (χ4n) is 1.50. The lowest BCUT2D eigenvalue weighted by molar-refractivity contribution is 0.103. The number of amides is 1. The molecule has 0 saturated carbocycles. The van der Waals surface area contributed by atoms with Crippen molar-refractivity contribution in [2.24, 2.45) is 7.05 Å².